The highest BCUT2D eigenvalue weighted by Gasteiger charge is 2.19. The zero-order valence-electron chi connectivity index (χ0n) is 11.1. The maximum atomic E-state index is 6.20. The molecule has 0 aliphatic carbocycles. The number of hydrogen-bond acceptors (Lipinski definition) is 3. The molecule has 1 aromatic rings. The van der Waals surface area contributed by atoms with Crippen LogP contribution in [0.2, 0.25) is 5.02 Å². The predicted molar refractivity (Wildman–Crippen MR) is 74.9 cm³/mol. The number of rotatable bonds is 8. The van der Waals surface area contributed by atoms with Crippen LogP contribution in [-0.4, -0.2) is 26.0 Å². The fourth-order valence-electron chi connectivity index (χ4n) is 1.94. The van der Waals surface area contributed by atoms with Crippen LogP contribution in [-0.2, 0) is 9.47 Å². The van der Waals surface area contributed by atoms with E-state index in [2.05, 4.69) is 0 Å². The third kappa shape index (κ3) is 4.58. The van der Waals surface area contributed by atoms with Crippen LogP contribution in [0.1, 0.15) is 31.7 Å². The monoisotopic (exact) mass is 271 g/mol. The number of hydrogen-bond donors (Lipinski definition) is 1. The normalized spacial score (nSPS) is 12.9. The molecule has 0 aromatic heterocycles. The summed E-state index contributed by atoms with van der Waals surface area (Å²) in [6.45, 7) is 5.70. The second-order valence-corrected chi connectivity index (χ2v) is 4.44. The largest absolute Gasteiger partial charge is 0.353 e. The Morgan fingerprint density at radius 3 is 2.28 bits per heavy atom. The van der Waals surface area contributed by atoms with Gasteiger partial charge in [-0.2, -0.15) is 0 Å². The maximum Gasteiger partial charge on any atom is 0.158 e. The Hall–Kier alpha value is -0.610. The highest BCUT2D eigenvalue weighted by molar-refractivity contribution is 6.31. The molecule has 1 atom stereocenters. The minimum absolute atomic E-state index is 0.154. The van der Waals surface area contributed by atoms with Crippen molar-refractivity contribution >= 4 is 11.6 Å². The molecule has 0 amide bonds. The lowest BCUT2D eigenvalue weighted by Crippen LogP contribution is -2.24. The van der Waals surface area contributed by atoms with Crippen molar-refractivity contribution in [3.63, 3.8) is 0 Å². The second kappa shape index (κ2) is 8.48. The molecule has 1 rings (SSSR count). The van der Waals surface area contributed by atoms with Crippen LogP contribution < -0.4 is 5.73 Å². The molecule has 0 saturated carbocycles. The van der Waals surface area contributed by atoms with E-state index in [0.717, 1.165) is 17.0 Å². The number of benzene rings is 1. The first kappa shape index (κ1) is 15.4. The predicted octanol–water partition coefficient (Wildman–Crippen LogP) is 3.17. The van der Waals surface area contributed by atoms with Crippen molar-refractivity contribution < 1.29 is 9.47 Å². The quantitative estimate of drug-likeness (QED) is 0.739. The van der Waals surface area contributed by atoms with Crippen molar-refractivity contribution in [2.45, 2.75) is 32.5 Å². The maximum absolute atomic E-state index is 6.20. The van der Waals surface area contributed by atoms with Gasteiger partial charge in [0.1, 0.15) is 0 Å². The Kier molecular flexibility index (Phi) is 7.28. The molecule has 3 nitrogen and oxygen atoms in total. The van der Waals surface area contributed by atoms with Crippen LogP contribution in [0.15, 0.2) is 24.3 Å². The zero-order chi connectivity index (χ0) is 13.4. The summed E-state index contributed by atoms with van der Waals surface area (Å²) in [4.78, 5) is 0. The number of nitrogens with two attached hydrogens (primary N) is 1. The molecule has 4 heteroatoms. The van der Waals surface area contributed by atoms with Gasteiger partial charge < -0.3 is 15.2 Å². The van der Waals surface area contributed by atoms with Gasteiger partial charge in [0.05, 0.1) is 0 Å². The molecule has 0 fully saturated rings. The molecule has 1 aromatic carbocycles. The molecule has 2 N–H and O–H groups in total. The van der Waals surface area contributed by atoms with Gasteiger partial charge >= 0.3 is 0 Å². The van der Waals surface area contributed by atoms with E-state index in [1.165, 1.54) is 0 Å². The topological polar surface area (TPSA) is 44.5 Å². The second-order valence-electron chi connectivity index (χ2n) is 4.03. The van der Waals surface area contributed by atoms with Gasteiger partial charge in [-0.3, -0.25) is 0 Å². The van der Waals surface area contributed by atoms with Crippen molar-refractivity contribution in [1.82, 2.24) is 0 Å². The molecule has 0 aliphatic rings. The minimum atomic E-state index is -0.218. The first-order valence-electron chi connectivity index (χ1n) is 6.40. The van der Waals surface area contributed by atoms with E-state index in [9.17, 15) is 0 Å². The summed E-state index contributed by atoms with van der Waals surface area (Å²) in [5.74, 6) is 0.154. The Balaban J connectivity index is 2.73. The molecule has 0 spiro atoms. The molecule has 0 aliphatic heterocycles. The summed E-state index contributed by atoms with van der Waals surface area (Å²) in [6.07, 6.45) is 0.506. The van der Waals surface area contributed by atoms with Gasteiger partial charge in [-0.1, -0.05) is 29.8 Å². The SMILES string of the molecule is CCOC(CC(CN)c1ccccc1Cl)OCC. The van der Waals surface area contributed by atoms with E-state index < -0.39 is 0 Å². The van der Waals surface area contributed by atoms with Crippen LogP contribution in [0.4, 0.5) is 0 Å². The van der Waals surface area contributed by atoms with E-state index in [1.807, 2.05) is 38.1 Å². The molecular formula is C14H22ClNO2. The van der Waals surface area contributed by atoms with Crippen LogP contribution in [0, 0.1) is 0 Å². The third-order valence-corrected chi connectivity index (χ3v) is 3.16. The number of ether oxygens (including phenoxy) is 2. The van der Waals surface area contributed by atoms with Crippen molar-refractivity contribution in [3.8, 4) is 0 Å². The molecule has 0 heterocycles. The summed E-state index contributed by atoms with van der Waals surface area (Å²) in [5, 5.41) is 0.750. The van der Waals surface area contributed by atoms with Crippen LogP contribution in [0.5, 0.6) is 0 Å². The molecule has 18 heavy (non-hydrogen) atoms. The van der Waals surface area contributed by atoms with Gasteiger partial charge in [-0.25, -0.2) is 0 Å². The molecule has 1 unspecified atom stereocenters. The lowest BCUT2D eigenvalue weighted by molar-refractivity contribution is -0.142. The summed E-state index contributed by atoms with van der Waals surface area (Å²) < 4.78 is 11.1. The fourth-order valence-corrected chi connectivity index (χ4v) is 2.23. The lowest BCUT2D eigenvalue weighted by Gasteiger charge is -2.23. The van der Waals surface area contributed by atoms with E-state index in [4.69, 9.17) is 26.8 Å². The average molecular weight is 272 g/mol. The Morgan fingerprint density at radius 2 is 1.78 bits per heavy atom. The Bertz CT molecular complexity index is 340. The van der Waals surface area contributed by atoms with Gasteiger partial charge in [-0.05, 0) is 32.0 Å². The Labute approximate surface area is 114 Å². The van der Waals surface area contributed by atoms with Crippen molar-refractivity contribution in [2.75, 3.05) is 19.8 Å². The summed E-state index contributed by atoms with van der Waals surface area (Å²) in [7, 11) is 0. The smallest absolute Gasteiger partial charge is 0.158 e. The molecule has 0 saturated heterocycles. The van der Waals surface area contributed by atoms with Gasteiger partial charge in [0.25, 0.3) is 0 Å². The molecule has 0 radical (unpaired) electrons. The first-order chi connectivity index (χ1) is 8.72. The first-order valence-corrected chi connectivity index (χ1v) is 6.78. The molecule has 102 valence electrons. The van der Waals surface area contributed by atoms with E-state index in [1.54, 1.807) is 0 Å². The highest BCUT2D eigenvalue weighted by Crippen LogP contribution is 2.28. The average Bonchev–Trinajstić information content (AvgIpc) is 2.37. The fraction of sp³-hybridized carbons (Fsp3) is 0.571. The van der Waals surface area contributed by atoms with Crippen molar-refractivity contribution in [1.29, 1.82) is 0 Å². The standard InChI is InChI=1S/C14H22ClNO2/c1-3-17-14(18-4-2)9-11(10-16)12-7-5-6-8-13(12)15/h5-8,11,14H,3-4,9-10,16H2,1-2H3. The van der Waals surface area contributed by atoms with Gasteiger partial charge in [0.2, 0.25) is 0 Å². The van der Waals surface area contributed by atoms with E-state index in [0.29, 0.717) is 19.8 Å². The van der Waals surface area contributed by atoms with E-state index >= 15 is 0 Å². The van der Waals surface area contributed by atoms with Crippen LogP contribution in [0.25, 0.3) is 0 Å². The van der Waals surface area contributed by atoms with Gasteiger partial charge in [-0.15, -0.1) is 0 Å². The van der Waals surface area contributed by atoms with E-state index in [-0.39, 0.29) is 12.2 Å². The Morgan fingerprint density at radius 1 is 1.17 bits per heavy atom. The summed E-state index contributed by atoms with van der Waals surface area (Å²) in [5.41, 5.74) is 6.91. The number of halogens is 1. The highest BCUT2D eigenvalue weighted by atomic mass is 35.5. The minimum Gasteiger partial charge on any atom is -0.353 e. The summed E-state index contributed by atoms with van der Waals surface area (Å²) >= 11 is 6.20. The van der Waals surface area contributed by atoms with Crippen LogP contribution in [0.3, 0.4) is 0 Å². The van der Waals surface area contributed by atoms with Gasteiger partial charge in [0.15, 0.2) is 6.29 Å². The molecular weight excluding hydrogens is 250 g/mol. The third-order valence-electron chi connectivity index (χ3n) is 2.81. The van der Waals surface area contributed by atoms with Crippen LogP contribution >= 0.6 is 11.6 Å². The van der Waals surface area contributed by atoms with Crippen molar-refractivity contribution in [2.24, 2.45) is 5.73 Å². The zero-order valence-corrected chi connectivity index (χ0v) is 11.8. The lowest BCUT2D eigenvalue weighted by atomic mass is 9.95. The summed E-state index contributed by atoms with van der Waals surface area (Å²) in [6, 6.07) is 7.78. The molecule has 0 bridgehead atoms. The van der Waals surface area contributed by atoms with Gasteiger partial charge in [0, 0.05) is 30.6 Å². The van der Waals surface area contributed by atoms with Crippen molar-refractivity contribution in [3.05, 3.63) is 34.9 Å².